The zero-order valence-corrected chi connectivity index (χ0v) is 19.3. The molecule has 17 heteroatoms. The van der Waals surface area contributed by atoms with E-state index in [1.54, 1.807) is 0 Å². The summed E-state index contributed by atoms with van der Waals surface area (Å²) in [5, 5.41) is 31.9. The van der Waals surface area contributed by atoms with Crippen molar-refractivity contribution in [1.29, 1.82) is 0 Å². The molecule has 2 saturated heterocycles. The van der Waals surface area contributed by atoms with Gasteiger partial charge in [0.05, 0.1) is 43.0 Å². The van der Waals surface area contributed by atoms with Crippen molar-refractivity contribution in [2.24, 2.45) is 21.3 Å². The minimum absolute atomic E-state index is 0.0376. The Balaban J connectivity index is 1.82. The summed E-state index contributed by atoms with van der Waals surface area (Å²) in [4.78, 5) is 8.34. The molecule has 7 unspecified atom stereocenters. The highest BCUT2D eigenvalue weighted by Crippen LogP contribution is 2.45. The Bertz CT molecular complexity index is 808. The molecule has 0 aromatic heterocycles. The summed E-state index contributed by atoms with van der Waals surface area (Å²) in [5.41, 5.74) is 26.7. The molecule has 0 aromatic carbocycles. The van der Waals surface area contributed by atoms with E-state index in [-0.39, 0.29) is 31.1 Å². The lowest BCUT2D eigenvalue weighted by atomic mass is 9.84. The molecule has 176 valence electrons. The second-order valence-electron chi connectivity index (χ2n) is 7.62. The van der Waals surface area contributed by atoms with Gasteiger partial charge in [-0.1, -0.05) is 30.5 Å². The van der Waals surface area contributed by atoms with Gasteiger partial charge in [0.15, 0.2) is 12.3 Å². The largest absolute Gasteiger partial charge is 0.390 e. The SMILES string of the molecule is CPPC1OCC2O[C@H](O[C@@H]3C(N=[N+]=[N-])C[C@@H](N=[N+]=[N-])C(O)[C@H]3O)C(N=[N+]=[N-])[C@@H](C)[C@@H]2O1. The molecule has 32 heavy (non-hydrogen) atoms. The van der Waals surface area contributed by atoms with Crippen LogP contribution in [0.1, 0.15) is 13.3 Å². The van der Waals surface area contributed by atoms with E-state index in [9.17, 15) is 10.2 Å². The van der Waals surface area contributed by atoms with E-state index in [0.717, 1.165) is 0 Å². The third-order valence-electron chi connectivity index (χ3n) is 5.78. The Hall–Kier alpha value is -1.45. The van der Waals surface area contributed by atoms with Crippen molar-refractivity contribution in [2.45, 2.75) is 74.3 Å². The van der Waals surface area contributed by atoms with Gasteiger partial charge in [-0.2, -0.15) is 0 Å². The predicted octanol–water partition coefficient (Wildman–Crippen LogP) is 2.50. The number of azide groups is 3. The first-order chi connectivity index (χ1) is 15.4. The van der Waals surface area contributed by atoms with Gasteiger partial charge in [-0.15, -0.1) is 0 Å². The molecule has 3 fully saturated rings. The second kappa shape index (κ2) is 11.6. The van der Waals surface area contributed by atoms with Gasteiger partial charge in [0.25, 0.3) is 0 Å². The van der Waals surface area contributed by atoms with Gasteiger partial charge in [0.1, 0.15) is 12.2 Å². The Labute approximate surface area is 186 Å². The lowest BCUT2D eigenvalue weighted by Gasteiger charge is -2.49. The number of hydrogen-bond acceptors (Lipinski definition) is 9. The summed E-state index contributed by atoms with van der Waals surface area (Å²) in [6, 6.07) is -3.09. The molecule has 0 radical (unpaired) electrons. The highest BCUT2D eigenvalue weighted by atomic mass is 32.0. The molecule has 3 aliphatic rings. The summed E-state index contributed by atoms with van der Waals surface area (Å²) < 4.78 is 23.7. The number of hydrogen-bond donors (Lipinski definition) is 2. The van der Waals surface area contributed by atoms with Crippen LogP contribution >= 0.6 is 16.5 Å². The van der Waals surface area contributed by atoms with Crippen LogP contribution in [0.15, 0.2) is 15.3 Å². The van der Waals surface area contributed by atoms with Crippen molar-refractivity contribution in [3.8, 4) is 0 Å². The van der Waals surface area contributed by atoms with Crippen LogP contribution in [0.3, 0.4) is 0 Å². The second-order valence-corrected chi connectivity index (χ2v) is 11.2. The van der Waals surface area contributed by atoms with Gasteiger partial charge in [0.2, 0.25) is 0 Å². The molecule has 2 N–H and O–H groups in total. The maximum absolute atomic E-state index is 10.6. The van der Waals surface area contributed by atoms with Crippen molar-refractivity contribution in [2.75, 3.05) is 13.3 Å². The molecule has 1 saturated carbocycles. The summed E-state index contributed by atoms with van der Waals surface area (Å²) in [6.45, 7) is 4.17. The fraction of sp³-hybridized carbons (Fsp3) is 1.00. The van der Waals surface area contributed by atoms with Crippen molar-refractivity contribution in [3.05, 3.63) is 31.3 Å². The highest BCUT2D eigenvalue weighted by Gasteiger charge is 2.51. The average Bonchev–Trinajstić information content (AvgIpc) is 2.78. The van der Waals surface area contributed by atoms with Gasteiger partial charge in [-0.3, -0.25) is 0 Å². The van der Waals surface area contributed by atoms with Crippen LogP contribution in [0, 0.1) is 5.92 Å². The number of nitrogens with zero attached hydrogens (tertiary/aromatic N) is 9. The van der Waals surface area contributed by atoms with E-state index in [0.29, 0.717) is 16.5 Å². The minimum atomic E-state index is -1.53. The normalized spacial score (nSPS) is 44.4. The average molecular weight is 489 g/mol. The molecule has 2 heterocycles. The van der Waals surface area contributed by atoms with Gasteiger partial charge < -0.3 is 29.2 Å². The fourth-order valence-corrected chi connectivity index (χ4v) is 6.01. The Morgan fingerprint density at radius 2 is 1.69 bits per heavy atom. The molecule has 1 aliphatic carbocycles. The quantitative estimate of drug-likeness (QED) is 0.236. The van der Waals surface area contributed by atoms with Crippen LogP contribution in [0.4, 0.5) is 0 Å². The van der Waals surface area contributed by atoms with Crippen molar-refractivity contribution in [3.63, 3.8) is 0 Å². The van der Waals surface area contributed by atoms with E-state index in [1.165, 1.54) is 0 Å². The summed E-state index contributed by atoms with van der Waals surface area (Å²) in [7, 11) is 1.16. The zero-order chi connectivity index (χ0) is 23.3. The predicted molar refractivity (Wildman–Crippen MR) is 115 cm³/mol. The minimum Gasteiger partial charge on any atom is -0.390 e. The third kappa shape index (κ3) is 5.37. The van der Waals surface area contributed by atoms with E-state index in [2.05, 4.69) is 36.7 Å². The first kappa shape index (κ1) is 25.2. The van der Waals surface area contributed by atoms with E-state index < -0.39 is 48.8 Å². The molecule has 0 aromatic rings. The number of ether oxygens (including phenoxy) is 4. The number of aliphatic hydroxyl groups excluding tert-OH is 2. The molecule has 0 amide bonds. The summed E-state index contributed by atoms with van der Waals surface area (Å²) in [6.07, 6.45) is -6.18. The molecule has 0 bridgehead atoms. The first-order valence-electron chi connectivity index (χ1n) is 9.94. The molecular formula is C15H25N9O6P2. The Morgan fingerprint density at radius 3 is 2.34 bits per heavy atom. The molecule has 0 spiro atoms. The van der Waals surface area contributed by atoms with Crippen molar-refractivity contribution in [1.82, 2.24) is 0 Å². The van der Waals surface area contributed by atoms with Crippen LogP contribution in [-0.2, 0) is 18.9 Å². The lowest BCUT2D eigenvalue weighted by molar-refractivity contribution is -0.327. The Morgan fingerprint density at radius 1 is 1.00 bits per heavy atom. The van der Waals surface area contributed by atoms with E-state index in [1.807, 2.05) is 6.92 Å². The van der Waals surface area contributed by atoms with Gasteiger partial charge in [-0.25, -0.2) is 0 Å². The van der Waals surface area contributed by atoms with Crippen LogP contribution < -0.4 is 0 Å². The van der Waals surface area contributed by atoms with Gasteiger partial charge in [0, 0.05) is 14.7 Å². The number of fused-ring (bicyclic) bond motifs is 1. The lowest BCUT2D eigenvalue weighted by Crippen LogP contribution is -2.62. The number of aliphatic hydroxyl groups is 2. The van der Waals surface area contributed by atoms with Crippen molar-refractivity contribution < 1.29 is 29.2 Å². The maximum atomic E-state index is 10.6. The number of rotatable bonds is 7. The highest BCUT2D eigenvalue weighted by molar-refractivity contribution is 8.11. The first-order valence-corrected chi connectivity index (χ1v) is 13.5. The monoisotopic (exact) mass is 489 g/mol. The van der Waals surface area contributed by atoms with Crippen molar-refractivity contribution >= 4 is 16.5 Å². The molecule has 15 nitrogen and oxygen atoms in total. The topological polar surface area (TPSA) is 224 Å². The van der Waals surface area contributed by atoms with E-state index in [4.69, 9.17) is 35.5 Å². The van der Waals surface area contributed by atoms with Crippen LogP contribution in [0.2, 0.25) is 0 Å². The Kier molecular flexibility index (Phi) is 9.13. The molecular weight excluding hydrogens is 464 g/mol. The van der Waals surface area contributed by atoms with Gasteiger partial charge >= 0.3 is 0 Å². The fourth-order valence-electron chi connectivity index (χ4n) is 4.20. The third-order valence-corrected chi connectivity index (χ3v) is 8.19. The maximum Gasteiger partial charge on any atom is 0.177 e. The summed E-state index contributed by atoms with van der Waals surface area (Å²) >= 11 is 0. The molecule has 2 aliphatic heterocycles. The molecule has 3 rings (SSSR count). The van der Waals surface area contributed by atoms with Crippen LogP contribution in [0.5, 0.6) is 0 Å². The zero-order valence-electron chi connectivity index (χ0n) is 17.3. The van der Waals surface area contributed by atoms with Crippen LogP contribution in [-0.4, -0.2) is 84.5 Å². The molecule has 13 atom stereocenters. The smallest absolute Gasteiger partial charge is 0.177 e. The van der Waals surface area contributed by atoms with Crippen LogP contribution in [0.25, 0.3) is 31.3 Å². The summed E-state index contributed by atoms with van der Waals surface area (Å²) in [5.74, 6) is -0.300. The van der Waals surface area contributed by atoms with E-state index >= 15 is 0 Å². The van der Waals surface area contributed by atoms with Gasteiger partial charge in [-0.05, 0) is 43.9 Å². The standard InChI is InChI=1S/C15H25N9O6P2/c1-5-9(21-24-18)14(28-8-4-27-15(32-31-2)30-12(5)8)29-13-7(20-23-17)3-6(19-22-16)10(25)11(13)26/h5-15,25-26,31-32H,3-4H2,1-2H3/t5-,6-,7?,8?,9?,10?,11-,12+,13-,14-,15?/m1/s1.